The summed E-state index contributed by atoms with van der Waals surface area (Å²) in [4.78, 5) is 18.2. The Bertz CT molecular complexity index is 1040. The Balaban J connectivity index is 1.97. The molecule has 4 aromatic rings. The molecule has 2 N–H and O–H groups in total. The van der Waals surface area contributed by atoms with E-state index in [4.69, 9.17) is 5.41 Å². The number of fused-ring (bicyclic) bond motifs is 1. The van der Waals surface area contributed by atoms with E-state index in [1.807, 2.05) is 41.8 Å². The van der Waals surface area contributed by atoms with E-state index >= 15 is 0 Å². The highest BCUT2D eigenvalue weighted by atomic mass is 32.1. The van der Waals surface area contributed by atoms with E-state index in [0.717, 1.165) is 15.1 Å². The lowest BCUT2D eigenvalue weighted by molar-refractivity contribution is 0.846. The van der Waals surface area contributed by atoms with Gasteiger partial charge in [-0.2, -0.15) is 4.68 Å². The summed E-state index contributed by atoms with van der Waals surface area (Å²) in [7, 11) is 0. The van der Waals surface area contributed by atoms with Gasteiger partial charge in [-0.05, 0) is 30.5 Å². The van der Waals surface area contributed by atoms with Crippen LogP contribution in [0.2, 0.25) is 0 Å². The SMILES string of the molecule is CC(=N)c1c(-c2cccs2)[nH]n(-c2nc3ccccc3s2)c1=O. The first kappa shape index (κ1) is 14.1. The smallest absolute Gasteiger partial charge is 0.283 e. The molecule has 4 rings (SSSR count). The van der Waals surface area contributed by atoms with Crippen molar-refractivity contribution in [3.8, 4) is 15.7 Å². The predicted molar refractivity (Wildman–Crippen MR) is 95.4 cm³/mol. The summed E-state index contributed by atoms with van der Waals surface area (Å²) in [5.74, 6) is 0. The van der Waals surface area contributed by atoms with Gasteiger partial charge in [0.05, 0.1) is 26.4 Å². The number of nitrogens with zero attached hydrogens (tertiary/aromatic N) is 2. The number of thiazole rings is 1. The Kier molecular flexibility index (Phi) is 3.24. The Morgan fingerprint density at radius 3 is 2.78 bits per heavy atom. The van der Waals surface area contributed by atoms with Crippen LogP contribution in [0.5, 0.6) is 0 Å². The van der Waals surface area contributed by atoms with Crippen molar-refractivity contribution >= 4 is 38.6 Å². The van der Waals surface area contributed by atoms with E-state index in [1.54, 1.807) is 6.92 Å². The van der Waals surface area contributed by atoms with Crippen LogP contribution in [-0.4, -0.2) is 20.5 Å². The Morgan fingerprint density at radius 1 is 1.26 bits per heavy atom. The van der Waals surface area contributed by atoms with Crippen molar-refractivity contribution < 1.29 is 0 Å². The zero-order chi connectivity index (χ0) is 16.0. The van der Waals surface area contributed by atoms with E-state index in [0.29, 0.717) is 16.4 Å². The molecule has 0 saturated carbocycles. The fourth-order valence-corrected chi connectivity index (χ4v) is 4.13. The molecule has 0 bridgehead atoms. The standard InChI is InChI=1S/C16H12N4OS2/c1-9(17)13-14(12-7-4-8-22-12)19-20(15(13)21)16-18-10-5-2-3-6-11(10)23-16/h2-8,17,19H,1H3. The molecule has 3 aromatic heterocycles. The van der Waals surface area contributed by atoms with Gasteiger partial charge in [-0.1, -0.05) is 29.5 Å². The molecule has 0 fully saturated rings. The summed E-state index contributed by atoms with van der Waals surface area (Å²) in [6.07, 6.45) is 0. The number of hydrogen-bond donors (Lipinski definition) is 2. The zero-order valence-corrected chi connectivity index (χ0v) is 13.8. The van der Waals surface area contributed by atoms with E-state index in [1.165, 1.54) is 27.4 Å². The molecule has 7 heteroatoms. The number of para-hydroxylation sites is 1. The van der Waals surface area contributed by atoms with Gasteiger partial charge in [0.2, 0.25) is 5.13 Å². The quantitative estimate of drug-likeness (QED) is 0.555. The monoisotopic (exact) mass is 340 g/mol. The van der Waals surface area contributed by atoms with Crippen molar-refractivity contribution in [3.05, 3.63) is 57.7 Å². The van der Waals surface area contributed by atoms with Crippen molar-refractivity contribution in [2.45, 2.75) is 6.92 Å². The number of aromatic amines is 1. The number of aromatic nitrogens is 3. The summed E-state index contributed by atoms with van der Waals surface area (Å²) in [6.45, 7) is 1.63. The maximum Gasteiger partial charge on any atom is 0.283 e. The van der Waals surface area contributed by atoms with E-state index in [9.17, 15) is 4.79 Å². The van der Waals surface area contributed by atoms with E-state index in [2.05, 4.69) is 10.1 Å². The highest BCUT2D eigenvalue weighted by Gasteiger charge is 2.20. The lowest BCUT2D eigenvalue weighted by Gasteiger charge is -1.96. The Morgan fingerprint density at radius 2 is 2.09 bits per heavy atom. The first-order valence-corrected chi connectivity index (χ1v) is 8.65. The number of rotatable bonds is 3. The Labute approximate surface area is 139 Å². The van der Waals surface area contributed by atoms with Crippen molar-refractivity contribution in [1.82, 2.24) is 14.8 Å². The normalized spacial score (nSPS) is 11.2. The first-order chi connectivity index (χ1) is 11.1. The molecule has 0 aliphatic heterocycles. The second-order valence-electron chi connectivity index (χ2n) is 5.07. The molecule has 3 heterocycles. The fourth-order valence-electron chi connectivity index (χ4n) is 2.47. The fraction of sp³-hybridized carbons (Fsp3) is 0.0625. The van der Waals surface area contributed by atoms with Crippen LogP contribution in [0.4, 0.5) is 0 Å². The molecule has 0 aliphatic rings. The molecule has 0 amide bonds. The average Bonchev–Trinajstić information content (AvgIpc) is 3.24. The van der Waals surface area contributed by atoms with Crippen LogP contribution in [0.3, 0.4) is 0 Å². The topological polar surface area (TPSA) is 74.5 Å². The van der Waals surface area contributed by atoms with Gasteiger partial charge in [0.15, 0.2) is 0 Å². The number of thiophene rings is 1. The van der Waals surface area contributed by atoms with Crippen LogP contribution in [0.25, 0.3) is 25.9 Å². The number of benzene rings is 1. The van der Waals surface area contributed by atoms with Crippen LogP contribution in [0, 0.1) is 5.41 Å². The molecule has 5 nitrogen and oxygen atoms in total. The van der Waals surface area contributed by atoms with Gasteiger partial charge in [0.1, 0.15) is 0 Å². The minimum absolute atomic E-state index is 0.236. The molecular formula is C16H12N4OS2. The maximum absolute atomic E-state index is 12.8. The van der Waals surface area contributed by atoms with E-state index in [-0.39, 0.29) is 11.3 Å². The van der Waals surface area contributed by atoms with Gasteiger partial charge in [-0.25, -0.2) is 4.98 Å². The lowest BCUT2D eigenvalue weighted by atomic mass is 10.1. The summed E-state index contributed by atoms with van der Waals surface area (Å²) in [5, 5.41) is 13.6. The number of nitrogens with one attached hydrogen (secondary N) is 2. The summed E-state index contributed by atoms with van der Waals surface area (Å²) in [6, 6.07) is 11.6. The van der Waals surface area contributed by atoms with Crippen LogP contribution in [0.1, 0.15) is 12.5 Å². The van der Waals surface area contributed by atoms with Gasteiger partial charge < -0.3 is 5.41 Å². The third kappa shape index (κ3) is 2.25. The minimum Gasteiger partial charge on any atom is -0.305 e. The number of hydrogen-bond acceptors (Lipinski definition) is 5. The Hall–Kier alpha value is -2.51. The molecule has 0 atom stereocenters. The van der Waals surface area contributed by atoms with Gasteiger partial charge in [0.25, 0.3) is 5.56 Å². The van der Waals surface area contributed by atoms with Crippen molar-refractivity contribution in [2.24, 2.45) is 0 Å². The molecule has 23 heavy (non-hydrogen) atoms. The molecule has 0 spiro atoms. The van der Waals surface area contributed by atoms with Crippen LogP contribution >= 0.6 is 22.7 Å². The van der Waals surface area contributed by atoms with Gasteiger partial charge in [-0.15, -0.1) is 11.3 Å². The highest BCUT2D eigenvalue weighted by Crippen LogP contribution is 2.28. The third-order valence-electron chi connectivity index (χ3n) is 3.51. The predicted octanol–water partition coefficient (Wildman–Crippen LogP) is 3.89. The first-order valence-electron chi connectivity index (χ1n) is 6.95. The van der Waals surface area contributed by atoms with Crippen LogP contribution < -0.4 is 5.56 Å². The summed E-state index contributed by atoms with van der Waals surface area (Å²) in [5.41, 5.74) is 1.94. The van der Waals surface area contributed by atoms with Crippen molar-refractivity contribution in [1.29, 1.82) is 5.41 Å². The van der Waals surface area contributed by atoms with Crippen molar-refractivity contribution in [3.63, 3.8) is 0 Å². The average molecular weight is 340 g/mol. The largest absolute Gasteiger partial charge is 0.305 e. The molecule has 0 aliphatic carbocycles. The van der Waals surface area contributed by atoms with E-state index < -0.39 is 0 Å². The highest BCUT2D eigenvalue weighted by molar-refractivity contribution is 7.20. The summed E-state index contributed by atoms with van der Waals surface area (Å²) < 4.78 is 2.46. The third-order valence-corrected chi connectivity index (χ3v) is 5.42. The van der Waals surface area contributed by atoms with Gasteiger partial charge >= 0.3 is 0 Å². The van der Waals surface area contributed by atoms with Gasteiger partial charge in [0, 0.05) is 5.71 Å². The van der Waals surface area contributed by atoms with Gasteiger partial charge in [-0.3, -0.25) is 9.89 Å². The van der Waals surface area contributed by atoms with Crippen LogP contribution in [-0.2, 0) is 0 Å². The number of H-pyrrole nitrogens is 1. The second-order valence-corrected chi connectivity index (χ2v) is 7.03. The molecule has 114 valence electrons. The molecular weight excluding hydrogens is 328 g/mol. The second kappa shape index (κ2) is 5.29. The maximum atomic E-state index is 12.8. The molecule has 0 saturated heterocycles. The van der Waals surface area contributed by atoms with Crippen molar-refractivity contribution in [2.75, 3.05) is 0 Å². The van der Waals surface area contributed by atoms with Crippen LogP contribution in [0.15, 0.2) is 46.6 Å². The molecule has 1 aromatic carbocycles. The molecule has 0 unspecified atom stereocenters. The minimum atomic E-state index is -0.236. The zero-order valence-electron chi connectivity index (χ0n) is 12.2. The molecule has 0 radical (unpaired) electrons. The summed E-state index contributed by atoms with van der Waals surface area (Å²) >= 11 is 2.98. The lowest BCUT2D eigenvalue weighted by Crippen LogP contribution is -2.19.